The molecule has 4 nitrogen and oxygen atoms in total. The molecular weight excluding hydrogens is 332 g/mol. The third-order valence-electron chi connectivity index (χ3n) is 4.52. The molecule has 0 radical (unpaired) electrons. The van der Waals surface area contributed by atoms with Gasteiger partial charge in [0.05, 0.1) is 17.5 Å². The topological polar surface area (TPSA) is 62.1 Å². The molecule has 2 rings (SSSR count). The first-order chi connectivity index (χ1) is 12.0. The monoisotopic (exact) mass is 356 g/mol. The van der Waals surface area contributed by atoms with Gasteiger partial charge in [-0.3, -0.25) is 4.79 Å². The Morgan fingerprint density at radius 1 is 1.24 bits per heavy atom. The van der Waals surface area contributed by atoms with Crippen LogP contribution in [0.4, 0.5) is 0 Å². The minimum atomic E-state index is -0.655. The van der Waals surface area contributed by atoms with E-state index >= 15 is 0 Å². The van der Waals surface area contributed by atoms with Crippen molar-refractivity contribution >= 4 is 17.3 Å². The van der Waals surface area contributed by atoms with Crippen molar-refractivity contribution in [2.45, 2.75) is 45.1 Å². The largest absolute Gasteiger partial charge is 0.370 e. The SMILES string of the molecule is CC(C)[C@@](C#N)(CCC(=O)ON[C@H](C)c1ccccc1)c1cccs1. The van der Waals surface area contributed by atoms with E-state index in [1.54, 1.807) is 11.3 Å². The van der Waals surface area contributed by atoms with Gasteiger partial charge in [-0.05, 0) is 36.3 Å². The second-order valence-electron chi connectivity index (χ2n) is 6.44. The van der Waals surface area contributed by atoms with Crippen LogP contribution < -0.4 is 5.48 Å². The highest BCUT2D eigenvalue weighted by atomic mass is 32.1. The van der Waals surface area contributed by atoms with Crippen molar-refractivity contribution in [1.82, 2.24) is 5.48 Å². The van der Waals surface area contributed by atoms with Crippen LogP contribution in [0.1, 0.15) is 50.1 Å². The van der Waals surface area contributed by atoms with Gasteiger partial charge in [-0.15, -0.1) is 16.8 Å². The average molecular weight is 356 g/mol. The zero-order valence-corrected chi connectivity index (χ0v) is 15.7. The molecule has 1 aromatic carbocycles. The molecule has 1 N–H and O–H groups in total. The number of hydrogen-bond acceptors (Lipinski definition) is 5. The predicted octanol–water partition coefficient (Wildman–Crippen LogP) is 4.75. The Balaban J connectivity index is 1.93. The lowest BCUT2D eigenvalue weighted by Crippen LogP contribution is -2.31. The summed E-state index contributed by atoms with van der Waals surface area (Å²) in [5.74, 6) is -0.236. The summed E-state index contributed by atoms with van der Waals surface area (Å²) in [5, 5.41) is 11.8. The average Bonchev–Trinajstić information content (AvgIpc) is 3.16. The summed E-state index contributed by atoms with van der Waals surface area (Å²) in [6.07, 6.45) is 0.639. The summed E-state index contributed by atoms with van der Waals surface area (Å²) in [6, 6.07) is 16.0. The summed E-state index contributed by atoms with van der Waals surface area (Å²) in [4.78, 5) is 18.3. The number of benzene rings is 1. The molecule has 0 bridgehead atoms. The van der Waals surface area contributed by atoms with Gasteiger partial charge in [-0.2, -0.15) is 5.26 Å². The molecule has 1 aromatic heterocycles. The highest BCUT2D eigenvalue weighted by Crippen LogP contribution is 2.39. The number of nitriles is 1. The van der Waals surface area contributed by atoms with E-state index in [0.29, 0.717) is 6.42 Å². The number of thiophene rings is 1. The van der Waals surface area contributed by atoms with E-state index in [9.17, 15) is 10.1 Å². The van der Waals surface area contributed by atoms with E-state index in [2.05, 4.69) is 11.5 Å². The molecule has 5 heteroatoms. The second-order valence-corrected chi connectivity index (χ2v) is 7.39. The molecule has 132 valence electrons. The van der Waals surface area contributed by atoms with Crippen LogP contribution in [-0.2, 0) is 15.0 Å². The highest BCUT2D eigenvalue weighted by molar-refractivity contribution is 7.10. The third-order valence-corrected chi connectivity index (χ3v) is 5.57. The fourth-order valence-corrected chi connectivity index (χ4v) is 3.84. The van der Waals surface area contributed by atoms with Gasteiger partial charge in [0.15, 0.2) is 0 Å². The first-order valence-electron chi connectivity index (χ1n) is 8.45. The first-order valence-corrected chi connectivity index (χ1v) is 9.33. The number of hydroxylamine groups is 1. The van der Waals surface area contributed by atoms with E-state index in [4.69, 9.17) is 4.84 Å². The molecule has 2 aromatic rings. The maximum absolute atomic E-state index is 12.1. The zero-order valence-electron chi connectivity index (χ0n) is 14.9. The number of hydrogen-bond donors (Lipinski definition) is 1. The molecule has 25 heavy (non-hydrogen) atoms. The van der Waals surface area contributed by atoms with Crippen LogP contribution >= 0.6 is 11.3 Å². The Morgan fingerprint density at radius 2 is 1.96 bits per heavy atom. The Bertz CT molecular complexity index is 707. The van der Waals surface area contributed by atoms with Crippen LogP contribution in [-0.4, -0.2) is 5.97 Å². The van der Waals surface area contributed by atoms with Crippen LogP contribution in [0.25, 0.3) is 0 Å². The van der Waals surface area contributed by atoms with Gasteiger partial charge >= 0.3 is 5.97 Å². The summed E-state index contributed by atoms with van der Waals surface area (Å²) in [7, 11) is 0. The van der Waals surface area contributed by atoms with Gasteiger partial charge in [0.2, 0.25) is 0 Å². The minimum Gasteiger partial charge on any atom is -0.370 e. The van der Waals surface area contributed by atoms with E-state index in [1.165, 1.54) is 0 Å². The maximum Gasteiger partial charge on any atom is 0.324 e. The van der Waals surface area contributed by atoms with Gasteiger partial charge in [0.1, 0.15) is 0 Å². The van der Waals surface area contributed by atoms with E-state index < -0.39 is 5.41 Å². The quantitative estimate of drug-likeness (QED) is 0.693. The van der Waals surface area contributed by atoms with E-state index in [1.807, 2.05) is 68.6 Å². The standard InChI is InChI=1S/C20H24N2O2S/c1-15(2)20(14-21,18-10-7-13-25-18)12-11-19(23)24-22-16(3)17-8-5-4-6-9-17/h4-10,13,15-16,22H,11-12H2,1-3H3/t16-,20+/m1/s1. The minimum absolute atomic E-state index is 0.0896. The van der Waals surface area contributed by atoms with Crippen LogP contribution in [0.2, 0.25) is 0 Å². The molecule has 0 spiro atoms. The van der Waals surface area contributed by atoms with Crippen molar-refractivity contribution < 1.29 is 9.63 Å². The van der Waals surface area contributed by atoms with Crippen molar-refractivity contribution in [3.63, 3.8) is 0 Å². The smallest absolute Gasteiger partial charge is 0.324 e. The Labute approximate surface area is 153 Å². The summed E-state index contributed by atoms with van der Waals surface area (Å²) in [5.41, 5.74) is 3.18. The normalized spacial score (nSPS) is 14.5. The zero-order chi connectivity index (χ0) is 18.3. The van der Waals surface area contributed by atoms with Crippen molar-refractivity contribution in [2.75, 3.05) is 0 Å². The number of carbonyl (C=O) groups is 1. The van der Waals surface area contributed by atoms with Crippen molar-refractivity contribution in [3.8, 4) is 6.07 Å². The van der Waals surface area contributed by atoms with Gasteiger partial charge in [-0.1, -0.05) is 50.2 Å². The molecule has 0 saturated heterocycles. The van der Waals surface area contributed by atoms with Crippen molar-refractivity contribution in [3.05, 3.63) is 58.3 Å². The molecule has 0 aliphatic heterocycles. The number of nitrogens with one attached hydrogen (secondary N) is 1. The Hall–Kier alpha value is -2.16. The van der Waals surface area contributed by atoms with E-state index in [0.717, 1.165) is 10.4 Å². The number of carbonyl (C=O) groups excluding carboxylic acids is 1. The van der Waals surface area contributed by atoms with Crippen LogP contribution in [0, 0.1) is 17.2 Å². The highest BCUT2D eigenvalue weighted by Gasteiger charge is 2.37. The van der Waals surface area contributed by atoms with Crippen LogP contribution in [0.15, 0.2) is 47.8 Å². The fourth-order valence-electron chi connectivity index (χ4n) is 2.78. The lowest BCUT2D eigenvalue weighted by Gasteiger charge is -2.29. The van der Waals surface area contributed by atoms with Crippen molar-refractivity contribution in [2.24, 2.45) is 5.92 Å². The number of nitrogens with zero attached hydrogens (tertiary/aromatic N) is 1. The summed E-state index contributed by atoms with van der Waals surface area (Å²) < 4.78 is 0. The molecule has 0 amide bonds. The van der Waals surface area contributed by atoms with Gasteiger partial charge in [0, 0.05) is 11.3 Å². The Kier molecular flexibility index (Phi) is 6.74. The van der Waals surface area contributed by atoms with Crippen molar-refractivity contribution in [1.29, 1.82) is 5.26 Å². The predicted molar refractivity (Wildman–Crippen MR) is 99.8 cm³/mol. The molecule has 0 aliphatic carbocycles. The molecule has 0 aliphatic rings. The Morgan fingerprint density at radius 3 is 2.52 bits per heavy atom. The third kappa shape index (κ3) is 4.68. The van der Waals surface area contributed by atoms with Gasteiger partial charge < -0.3 is 4.84 Å². The van der Waals surface area contributed by atoms with E-state index in [-0.39, 0.29) is 24.3 Å². The summed E-state index contributed by atoms with van der Waals surface area (Å²) >= 11 is 1.56. The molecule has 1 heterocycles. The summed E-state index contributed by atoms with van der Waals surface area (Å²) in [6.45, 7) is 5.97. The van der Waals surface area contributed by atoms with Gasteiger partial charge in [-0.25, -0.2) is 0 Å². The lowest BCUT2D eigenvalue weighted by atomic mass is 9.74. The van der Waals surface area contributed by atoms with Crippen LogP contribution in [0.5, 0.6) is 0 Å². The second kappa shape index (κ2) is 8.80. The maximum atomic E-state index is 12.1. The molecule has 2 atom stereocenters. The molecular formula is C20H24N2O2S. The molecule has 0 saturated carbocycles. The number of rotatable bonds is 8. The fraction of sp³-hybridized carbons (Fsp3) is 0.400. The molecule has 0 fully saturated rings. The van der Waals surface area contributed by atoms with Crippen LogP contribution in [0.3, 0.4) is 0 Å². The lowest BCUT2D eigenvalue weighted by molar-refractivity contribution is -0.153. The molecule has 0 unspecified atom stereocenters. The van der Waals surface area contributed by atoms with Gasteiger partial charge in [0.25, 0.3) is 0 Å². The first kappa shape index (κ1) is 19.2.